The Kier molecular flexibility index (Phi) is 6.29. The highest BCUT2D eigenvalue weighted by molar-refractivity contribution is 7.58. The molecule has 0 unspecified atom stereocenters. The molecule has 0 aromatic heterocycles. The van der Waals surface area contributed by atoms with Gasteiger partial charge in [0.25, 0.3) is 0 Å². The summed E-state index contributed by atoms with van der Waals surface area (Å²) in [6.45, 7) is 0. The quantitative estimate of drug-likeness (QED) is 0.510. The van der Waals surface area contributed by atoms with E-state index < -0.39 is 44.5 Å². The number of Topliss-reactive ketones (excluding diaryl/α,β-unsaturated/α-hetero) is 1. The molecule has 8 heteroatoms. The monoisotopic (exact) mass is 322 g/mol. The lowest BCUT2D eigenvalue weighted by Crippen LogP contribution is -2.23. The summed E-state index contributed by atoms with van der Waals surface area (Å²) in [4.78, 5) is 11.7. The molecule has 1 saturated carbocycles. The van der Waals surface area contributed by atoms with E-state index in [9.17, 15) is 31.1 Å². The smallest absolute Gasteiger partial charge is 0.299 e. The molecule has 1 aliphatic carbocycles. The highest BCUT2D eigenvalue weighted by Crippen LogP contribution is 2.46. The van der Waals surface area contributed by atoms with Crippen LogP contribution in [-0.4, -0.2) is 36.6 Å². The number of carbonyl (C=O) groups is 1. The number of hydrogen-bond donors (Lipinski definition) is 0. The van der Waals surface area contributed by atoms with E-state index in [0.29, 0.717) is 0 Å². The molecule has 0 saturated heterocycles. The van der Waals surface area contributed by atoms with Gasteiger partial charge in [0.1, 0.15) is 5.78 Å². The van der Waals surface area contributed by atoms with Crippen LogP contribution in [0, 0.1) is 5.92 Å². The second-order valence-electron chi connectivity index (χ2n) is 5.27. The van der Waals surface area contributed by atoms with E-state index in [1.165, 1.54) is 0 Å². The van der Waals surface area contributed by atoms with Crippen LogP contribution in [-0.2, 0) is 4.79 Å². The molecule has 0 heterocycles. The van der Waals surface area contributed by atoms with Crippen molar-refractivity contribution in [3.8, 4) is 0 Å². The third-order valence-electron chi connectivity index (χ3n) is 3.20. The van der Waals surface area contributed by atoms with Gasteiger partial charge >= 0.3 is 12.4 Å². The van der Waals surface area contributed by atoms with Crippen molar-refractivity contribution in [2.45, 2.75) is 44.5 Å². The number of ketones is 1. The molecular formula is C12H17F6OP. The van der Waals surface area contributed by atoms with Crippen molar-refractivity contribution in [1.82, 2.24) is 0 Å². The van der Waals surface area contributed by atoms with Gasteiger partial charge in [-0.1, -0.05) is 33.6 Å². The summed E-state index contributed by atoms with van der Waals surface area (Å²) in [5, 5.41) is 0. The van der Waals surface area contributed by atoms with Crippen molar-refractivity contribution < 1.29 is 31.1 Å². The summed E-state index contributed by atoms with van der Waals surface area (Å²) < 4.78 is 73.6. The van der Waals surface area contributed by atoms with Gasteiger partial charge in [0.05, 0.1) is 12.3 Å². The largest absolute Gasteiger partial charge is 0.392 e. The summed E-state index contributed by atoms with van der Waals surface area (Å²) in [6.07, 6.45) is -9.04. The van der Waals surface area contributed by atoms with E-state index in [1.54, 1.807) is 0 Å². The van der Waals surface area contributed by atoms with Crippen LogP contribution in [0.25, 0.3) is 0 Å². The van der Waals surface area contributed by atoms with E-state index in [1.807, 2.05) is 0 Å². The van der Waals surface area contributed by atoms with Crippen molar-refractivity contribution in [3.05, 3.63) is 0 Å². The molecule has 1 fully saturated rings. The molecule has 0 aromatic rings. The predicted molar refractivity (Wildman–Crippen MR) is 65.2 cm³/mol. The van der Waals surface area contributed by atoms with Crippen LogP contribution in [0.3, 0.4) is 0 Å². The van der Waals surface area contributed by atoms with Crippen LogP contribution in [0.1, 0.15) is 32.1 Å². The summed E-state index contributed by atoms with van der Waals surface area (Å²) in [5.41, 5.74) is 0. The van der Waals surface area contributed by atoms with Gasteiger partial charge in [0, 0.05) is 12.6 Å². The van der Waals surface area contributed by atoms with E-state index in [0.717, 1.165) is 25.7 Å². The van der Waals surface area contributed by atoms with Gasteiger partial charge in [-0.25, -0.2) is 0 Å². The van der Waals surface area contributed by atoms with Gasteiger partial charge in [-0.2, -0.15) is 26.3 Å². The predicted octanol–water partition coefficient (Wildman–Crippen LogP) is 4.74. The lowest BCUT2D eigenvalue weighted by Gasteiger charge is -2.20. The highest BCUT2D eigenvalue weighted by atomic mass is 31.1. The number of halogens is 6. The van der Waals surface area contributed by atoms with Crippen LogP contribution in [0.2, 0.25) is 0 Å². The van der Waals surface area contributed by atoms with Crippen molar-refractivity contribution in [1.29, 1.82) is 0 Å². The molecule has 0 aromatic carbocycles. The molecule has 20 heavy (non-hydrogen) atoms. The zero-order valence-electron chi connectivity index (χ0n) is 10.9. The zero-order chi connectivity index (χ0) is 15.4. The van der Waals surface area contributed by atoms with E-state index in [-0.39, 0.29) is 12.3 Å². The van der Waals surface area contributed by atoms with Crippen LogP contribution in [0.4, 0.5) is 26.3 Å². The van der Waals surface area contributed by atoms with Crippen LogP contribution < -0.4 is 0 Å². The second kappa shape index (κ2) is 7.10. The van der Waals surface area contributed by atoms with Crippen LogP contribution in [0.5, 0.6) is 0 Å². The first kappa shape index (κ1) is 17.7. The Hall–Kier alpha value is -0.320. The number of rotatable bonds is 6. The normalized spacial score (nSPS) is 17.9. The molecular weight excluding hydrogens is 305 g/mol. The molecule has 0 spiro atoms. The molecule has 0 aliphatic heterocycles. The van der Waals surface area contributed by atoms with E-state index >= 15 is 0 Å². The van der Waals surface area contributed by atoms with Gasteiger partial charge in [0.2, 0.25) is 0 Å². The number of hydrogen-bond acceptors (Lipinski definition) is 1. The minimum absolute atomic E-state index is 0.133. The maximum absolute atomic E-state index is 12.3. The summed E-state index contributed by atoms with van der Waals surface area (Å²) >= 11 is 0. The maximum atomic E-state index is 12.3. The standard InChI is InChI=1S/C12H17F6OP/c13-11(14,15)7-20(8-12(16,17)18)6-10(19)5-9-3-1-2-4-9/h9H,1-8H2. The van der Waals surface area contributed by atoms with Crippen LogP contribution in [0.15, 0.2) is 0 Å². The summed E-state index contributed by atoms with van der Waals surface area (Å²) in [6, 6.07) is 0. The SMILES string of the molecule is O=C(CC1CCCC1)CP(CC(F)(F)F)CC(F)(F)F. The van der Waals surface area contributed by atoms with Gasteiger partial charge < -0.3 is 0 Å². The molecule has 0 N–H and O–H groups in total. The van der Waals surface area contributed by atoms with Gasteiger partial charge in [0.15, 0.2) is 0 Å². The third-order valence-corrected chi connectivity index (χ3v) is 5.61. The minimum atomic E-state index is -4.65. The Morgan fingerprint density at radius 3 is 1.80 bits per heavy atom. The molecule has 118 valence electrons. The second-order valence-corrected chi connectivity index (χ2v) is 7.56. The highest BCUT2D eigenvalue weighted by Gasteiger charge is 2.39. The topological polar surface area (TPSA) is 17.1 Å². The van der Waals surface area contributed by atoms with E-state index in [4.69, 9.17) is 0 Å². The lowest BCUT2D eigenvalue weighted by atomic mass is 10.0. The minimum Gasteiger partial charge on any atom is -0.299 e. The first-order chi connectivity index (χ1) is 9.05. The van der Waals surface area contributed by atoms with Crippen molar-refractivity contribution in [2.75, 3.05) is 18.5 Å². The van der Waals surface area contributed by atoms with Crippen molar-refractivity contribution >= 4 is 13.7 Å². The summed E-state index contributed by atoms with van der Waals surface area (Å²) in [5.74, 6) is -0.298. The lowest BCUT2D eigenvalue weighted by molar-refractivity contribution is -0.117. The Morgan fingerprint density at radius 1 is 0.950 bits per heavy atom. The third kappa shape index (κ3) is 8.08. The zero-order valence-corrected chi connectivity index (χ0v) is 11.8. The fourth-order valence-electron chi connectivity index (χ4n) is 2.53. The van der Waals surface area contributed by atoms with Gasteiger partial charge in [-0.05, 0) is 5.92 Å². The Bertz CT molecular complexity index is 303. The molecule has 1 rings (SSSR count). The average molecular weight is 322 g/mol. The fraction of sp³-hybridized carbons (Fsp3) is 0.917. The first-order valence-corrected chi connectivity index (χ1v) is 8.32. The molecule has 1 nitrogen and oxygen atoms in total. The summed E-state index contributed by atoms with van der Waals surface area (Å²) in [7, 11) is -2.40. The molecule has 0 radical (unpaired) electrons. The van der Waals surface area contributed by atoms with Crippen molar-refractivity contribution in [3.63, 3.8) is 0 Å². The van der Waals surface area contributed by atoms with Gasteiger partial charge in [-0.15, -0.1) is 0 Å². The maximum Gasteiger partial charge on any atom is 0.392 e. The molecule has 0 amide bonds. The Morgan fingerprint density at radius 2 is 1.40 bits per heavy atom. The van der Waals surface area contributed by atoms with Crippen LogP contribution >= 0.6 is 7.92 Å². The Labute approximate surface area is 114 Å². The fourth-order valence-corrected chi connectivity index (χ4v) is 4.50. The van der Waals surface area contributed by atoms with E-state index in [2.05, 4.69) is 0 Å². The first-order valence-electron chi connectivity index (χ1n) is 6.43. The van der Waals surface area contributed by atoms with Crippen molar-refractivity contribution in [2.24, 2.45) is 5.92 Å². The average Bonchev–Trinajstić information content (AvgIpc) is 2.63. The number of carbonyl (C=O) groups excluding carboxylic acids is 1. The Balaban J connectivity index is 2.51. The molecule has 0 atom stereocenters. The molecule has 1 aliphatic rings. The van der Waals surface area contributed by atoms with Gasteiger partial charge in [-0.3, -0.25) is 4.79 Å². The number of alkyl halides is 6. The molecule has 0 bridgehead atoms.